The molecule has 2 fully saturated rings. The molecule has 2 aliphatic rings. The smallest absolute Gasteiger partial charge is 0.350 e. The van der Waals surface area contributed by atoms with Gasteiger partial charge in [0.25, 0.3) is 0 Å². The summed E-state index contributed by atoms with van der Waals surface area (Å²) in [4.78, 5) is 21.6. The fourth-order valence-corrected chi connectivity index (χ4v) is 6.80. The van der Waals surface area contributed by atoms with Gasteiger partial charge in [-0.1, -0.05) is 29.3 Å². The van der Waals surface area contributed by atoms with Crippen molar-refractivity contribution in [2.24, 2.45) is 0 Å². The molecule has 0 aliphatic carbocycles. The molecule has 5 aromatic rings. The minimum Gasteiger partial charge on any atom is -0.491 e. The molecular formula is C35H38Cl2N8O5. The van der Waals surface area contributed by atoms with Crippen LogP contribution in [0.25, 0.3) is 5.69 Å². The number of ether oxygens (including phenoxy) is 3. The van der Waals surface area contributed by atoms with Gasteiger partial charge in [-0.3, -0.25) is 0 Å². The van der Waals surface area contributed by atoms with Crippen LogP contribution in [0.4, 0.5) is 11.4 Å². The van der Waals surface area contributed by atoms with Gasteiger partial charge in [-0.05, 0) is 74.5 Å². The van der Waals surface area contributed by atoms with Gasteiger partial charge in [0.1, 0.15) is 44.0 Å². The number of anilines is 2. The molecule has 3 aromatic carbocycles. The number of nitrogens with zero attached hydrogens (tertiary/aromatic N) is 8. The first-order chi connectivity index (χ1) is 24.2. The van der Waals surface area contributed by atoms with Gasteiger partial charge in [-0.25, -0.2) is 23.7 Å². The molecule has 1 N–H and O–H groups in total. The minimum atomic E-state index is -1.17. The highest BCUT2D eigenvalue weighted by atomic mass is 35.5. The van der Waals surface area contributed by atoms with Crippen molar-refractivity contribution in [3.8, 4) is 11.4 Å². The molecule has 4 atom stereocenters. The first kappa shape index (κ1) is 34.1. The number of rotatable bonds is 11. The highest BCUT2D eigenvalue weighted by Crippen LogP contribution is 2.40. The summed E-state index contributed by atoms with van der Waals surface area (Å²) in [6.07, 6.45) is 3.53. The van der Waals surface area contributed by atoms with Gasteiger partial charge in [0.15, 0.2) is 0 Å². The van der Waals surface area contributed by atoms with Crippen LogP contribution in [0.2, 0.25) is 10.0 Å². The zero-order valence-electron chi connectivity index (χ0n) is 27.7. The molecule has 1 unspecified atom stereocenters. The lowest BCUT2D eigenvalue weighted by molar-refractivity contribution is -0.190. The predicted molar refractivity (Wildman–Crippen MR) is 190 cm³/mol. The monoisotopic (exact) mass is 720 g/mol. The molecule has 2 saturated heterocycles. The quantitative estimate of drug-likeness (QED) is 0.208. The zero-order valence-corrected chi connectivity index (χ0v) is 29.2. The second-order valence-electron chi connectivity index (χ2n) is 12.5. The van der Waals surface area contributed by atoms with Crippen molar-refractivity contribution in [1.82, 2.24) is 29.1 Å². The van der Waals surface area contributed by atoms with Gasteiger partial charge < -0.3 is 29.1 Å². The minimum absolute atomic E-state index is 0.261. The van der Waals surface area contributed by atoms with E-state index >= 15 is 0 Å². The fourth-order valence-electron chi connectivity index (χ4n) is 6.25. The summed E-state index contributed by atoms with van der Waals surface area (Å²) in [5, 5.41) is 19.2. The molecule has 4 heterocycles. The summed E-state index contributed by atoms with van der Waals surface area (Å²) >= 11 is 12.7. The standard InChI is InChI=1S/C35H38Cl2N8O5/c1-24(25(2)46)45-34(47)44(23-40-45)29-6-4-27(5-7-29)41-13-15-42(16-14-41)28-8-10-30(11-9-28)48-18-31-19-49-35(50-31,20-43-22-38-21-39-43)32-12-3-26(36)17-33(32)37/h3-12,17,21-25,31,46H,13-16,18-20H2,1-2H3/t24-,25?,31-,35-/m0/s1. The van der Waals surface area contributed by atoms with Crippen molar-refractivity contribution in [3.05, 3.63) is 112 Å². The number of aromatic nitrogens is 6. The van der Waals surface area contributed by atoms with E-state index in [1.165, 1.54) is 21.9 Å². The molecule has 0 saturated carbocycles. The Balaban J connectivity index is 0.924. The van der Waals surface area contributed by atoms with Crippen molar-refractivity contribution >= 4 is 34.6 Å². The Morgan fingerprint density at radius 1 is 0.920 bits per heavy atom. The predicted octanol–water partition coefficient (Wildman–Crippen LogP) is 4.55. The molecule has 0 radical (unpaired) electrons. The number of benzene rings is 3. The van der Waals surface area contributed by atoms with Crippen molar-refractivity contribution in [2.75, 3.05) is 49.2 Å². The Bertz CT molecular complexity index is 1940. The highest BCUT2D eigenvalue weighted by Gasteiger charge is 2.45. The van der Waals surface area contributed by atoms with Crippen molar-refractivity contribution in [3.63, 3.8) is 0 Å². The van der Waals surface area contributed by atoms with Crippen LogP contribution in [0.15, 0.2) is 90.5 Å². The van der Waals surface area contributed by atoms with Crippen LogP contribution < -0.4 is 20.2 Å². The Morgan fingerprint density at radius 2 is 1.58 bits per heavy atom. The van der Waals surface area contributed by atoms with E-state index in [0.717, 1.165) is 49.0 Å². The van der Waals surface area contributed by atoms with Crippen LogP contribution >= 0.6 is 23.2 Å². The van der Waals surface area contributed by atoms with E-state index in [1.54, 1.807) is 37.0 Å². The van der Waals surface area contributed by atoms with Crippen LogP contribution in [-0.2, 0) is 21.8 Å². The van der Waals surface area contributed by atoms with E-state index in [-0.39, 0.29) is 18.3 Å². The van der Waals surface area contributed by atoms with Gasteiger partial charge in [0.2, 0.25) is 5.79 Å². The molecule has 0 amide bonds. The van der Waals surface area contributed by atoms with Gasteiger partial charge in [0, 0.05) is 48.1 Å². The third-order valence-corrected chi connectivity index (χ3v) is 9.77. The molecule has 13 nitrogen and oxygen atoms in total. The number of hydrogen-bond donors (Lipinski definition) is 1. The van der Waals surface area contributed by atoms with Gasteiger partial charge in [-0.2, -0.15) is 10.2 Å². The maximum absolute atomic E-state index is 12.8. The van der Waals surface area contributed by atoms with E-state index in [0.29, 0.717) is 28.8 Å². The number of aliphatic hydroxyl groups excluding tert-OH is 1. The maximum Gasteiger partial charge on any atom is 0.350 e. The normalized spacial score (nSPS) is 20.6. The van der Waals surface area contributed by atoms with Crippen LogP contribution in [0.1, 0.15) is 25.5 Å². The Kier molecular flexibility index (Phi) is 9.84. The third-order valence-electron chi connectivity index (χ3n) is 9.23. The Morgan fingerprint density at radius 3 is 2.20 bits per heavy atom. The molecule has 0 spiro atoms. The van der Waals surface area contributed by atoms with Crippen molar-refractivity contribution in [1.29, 1.82) is 0 Å². The summed E-state index contributed by atoms with van der Waals surface area (Å²) in [5.74, 6) is -0.432. The van der Waals surface area contributed by atoms with Crippen LogP contribution in [0.5, 0.6) is 5.75 Å². The molecule has 50 heavy (non-hydrogen) atoms. The average Bonchev–Trinajstić information content (AvgIpc) is 3.88. The summed E-state index contributed by atoms with van der Waals surface area (Å²) in [6, 6.07) is 20.8. The summed E-state index contributed by atoms with van der Waals surface area (Å²) in [5.41, 5.74) is 3.33. The average molecular weight is 722 g/mol. The van der Waals surface area contributed by atoms with Crippen LogP contribution in [-0.4, -0.2) is 85.8 Å². The Hall–Kier alpha value is -4.40. The number of aliphatic hydroxyl groups is 1. The number of hydrogen-bond acceptors (Lipinski definition) is 10. The summed E-state index contributed by atoms with van der Waals surface area (Å²) in [7, 11) is 0. The lowest BCUT2D eigenvalue weighted by Crippen LogP contribution is -2.46. The van der Waals surface area contributed by atoms with E-state index in [1.807, 2.05) is 42.5 Å². The van der Waals surface area contributed by atoms with Crippen molar-refractivity contribution in [2.45, 2.75) is 44.4 Å². The van der Waals surface area contributed by atoms with Crippen molar-refractivity contribution < 1.29 is 19.3 Å². The molecule has 15 heteroatoms. The van der Waals surface area contributed by atoms with Crippen LogP contribution in [0.3, 0.4) is 0 Å². The van der Waals surface area contributed by atoms with Gasteiger partial charge >= 0.3 is 5.69 Å². The maximum atomic E-state index is 12.8. The first-order valence-corrected chi connectivity index (χ1v) is 17.2. The Labute approximate surface area is 299 Å². The van der Waals surface area contributed by atoms with E-state index in [9.17, 15) is 9.90 Å². The topological polar surface area (TPSA) is 125 Å². The molecule has 2 aromatic heterocycles. The third kappa shape index (κ3) is 7.10. The van der Waals surface area contributed by atoms with Crippen LogP contribution in [0, 0.1) is 0 Å². The molecular weight excluding hydrogens is 683 g/mol. The number of piperazine rings is 1. The zero-order chi connectivity index (χ0) is 34.8. The molecule has 262 valence electrons. The summed E-state index contributed by atoms with van der Waals surface area (Å²) in [6.45, 7) is 7.71. The number of halogens is 2. The van der Waals surface area contributed by atoms with E-state index in [4.69, 9.17) is 37.4 Å². The van der Waals surface area contributed by atoms with Gasteiger partial charge in [-0.15, -0.1) is 0 Å². The molecule has 2 aliphatic heterocycles. The first-order valence-electron chi connectivity index (χ1n) is 16.5. The largest absolute Gasteiger partial charge is 0.491 e. The van der Waals surface area contributed by atoms with E-state index in [2.05, 4.69) is 37.1 Å². The summed E-state index contributed by atoms with van der Waals surface area (Å²) < 4.78 is 23.3. The van der Waals surface area contributed by atoms with Gasteiger partial charge in [0.05, 0.1) is 29.5 Å². The van der Waals surface area contributed by atoms with E-state index < -0.39 is 17.9 Å². The molecule has 7 rings (SSSR count). The second-order valence-corrected chi connectivity index (χ2v) is 13.4. The highest BCUT2D eigenvalue weighted by molar-refractivity contribution is 6.35. The second kappa shape index (κ2) is 14.4. The SMILES string of the molecule is CC(O)[C@H](C)n1ncn(-c2ccc(N3CCN(c4ccc(OC[C@H]5CO[C@](Cn6cncn6)(c6ccc(Cl)cc6Cl)O5)cc4)CC3)cc2)c1=O. The molecule has 0 bridgehead atoms. The fraction of sp³-hybridized carbons (Fsp3) is 0.371. The lowest BCUT2D eigenvalue weighted by Gasteiger charge is -2.37. The lowest BCUT2D eigenvalue weighted by atomic mass is 10.1.